The first kappa shape index (κ1) is 17.1. The van der Waals surface area contributed by atoms with Crippen molar-refractivity contribution in [3.63, 3.8) is 0 Å². The van der Waals surface area contributed by atoms with Crippen LogP contribution < -0.4 is 15.0 Å². The molecule has 0 aliphatic carbocycles. The van der Waals surface area contributed by atoms with Gasteiger partial charge in [-0.2, -0.15) is 0 Å². The molecule has 2 bridgehead atoms. The van der Waals surface area contributed by atoms with Crippen molar-refractivity contribution in [3.05, 3.63) is 63.2 Å². The van der Waals surface area contributed by atoms with Crippen molar-refractivity contribution in [2.75, 3.05) is 4.90 Å². The zero-order chi connectivity index (χ0) is 18.6. The van der Waals surface area contributed by atoms with Gasteiger partial charge in [0.15, 0.2) is 10.8 Å². The first-order valence-corrected chi connectivity index (χ1v) is 8.93. The molecule has 134 valence electrons. The highest BCUT2D eigenvalue weighted by molar-refractivity contribution is 7.80. The standard InChI is InChI=1S/C18H16ClN3O3S/c1-10-16-14-9-13(22(23)24)6-7-15(14)25-18(10,2)21(17(26)20-16)12-5-3-4-11(19)8-12/h3-10,16H,1-2H3,(H,20,26). The summed E-state index contributed by atoms with van der Waals surface area (Å²) in [5.74, 6) is 0.589. The second kappa shape index (κ2) is 5.82. The van der Waals surface area contributed by atoms with Crippen LogP contribution in [0.2, 0.25) is 5.02 Å². The zero-order valence-corrected chi connectivity index (χ0v) is 15.7. The largest absolute Gasteiger partial charge is 0.467 e. The molecule has 3 unspecified atom stereocenters. The normalized spacial score (nSPS) is 26.6. The number of nitrogens with one attached hydrogen (secondary N) is 1. The second-order valence-electron chi connectivity index (χ2n) is 6.67. The molecule has 2 aromatic rings. The molecule has 8 heteroatoms. The van der Waals surface area contributed by atoms with Crippen LogP contribution >= 0.6 is 23.8 Å². The predicted molar refractivity (Wildman–Crippen MR) is 104 cm³/mol. The van der Waals surface area contributed by atoms with Crippen molar-refractivity contribution < 1.29 is 9.66 Å². The summed E-state index contributed by atoms with van der Waals surface area (Å²) in [7, 11) is 0. The third kappa shape index (κ3) is 2.42. The Morgan fingerprint density at radius 1 is 1.35 bits per heavy atom. The smallest absolute Gasteiger partial charge is 0.270 e. The van der Waals surface area contributed by atoms with Crippen molar-refractivity contribution in [1.82, 2.24) is 5.32 Å². The fourth-order valence-electron chi connectivity index (χ4n) is 3.72. The fourth-order valence-corrected chi connectivity index (χ4v) is 4.32. The summed E-state index contributed by atoms with van der Waals surface area (Å²) in [6, 6.07) is 11.9. The number of anilines is 1. The number of rotatable bonds is 2. The van der Waals surface area contributed by atoms with E-state index in [2.05, 4.69) is 5.32 Å². The van der Waals surface area contributed by atoms with E-state index in [9.17, 15) is 10.1 Å². The third-order valence-electron chi connectivity index (χ3n) is 5.19. The number of nitro groups is 1. The van der Waals surface area contributed by atoms with Crippen LogP contribution in [0, 0.1) is 16.0 Å². The van der Waals surface area contributed by atoms with E-state index in [-0.39, 0.29) is 17.6 Å². The minimum atomic E-state index is -0.749. The molecule has 2 heterocycles. The summed E-state index contributed by atoms with van der Waals surface area (Å²) in [6.45, 7) is 4.02. The maximum absolute atomic E-state index is 11.1. The Bertz CT molecular complexity index is 938. The number of halogens is 1. The highest BCUT2D eigenvalue weighted by atomic mass is 35.5. The van der Waals surface area contributed by atoms with Crippen molar-refractivity contribution >= 4 is 40.3 Å². The maximum Gasteiger partial charge on any atom is 0.270 e. The third-order valence-corrected chi connectivity index (χ3v) is 5.73. The average molecular weight is 390 g/mol. The van der Waals surface area contributed by atoms with Gasteiger partial charge in [-0.25, -0.2) is 0 Å². The molecule has 4 rings (SSSR count). The number of hydrogen-bond donors (Lipinski definition) is 1. The van der Waals surface area contributed by atoms with Gasteiger partial charge >= 0.3 is 0 Å². The molecule has 6 nitrogen and oxygen atoms in total. The SMILES string of the molecule is CC1C2NC(=S)N(c3cccc(Cl)c3)C1(C)Oc1ccc([N+](=O)[O-])cc12. The minimum Gasteiger partial charge on any atom is -0.467 e. The number of fused-ring (bicyclic) bond motifs is 4. The van der Waals surface area contributed by atoms with Crippen LogP contribution in [0.1, 0.15) is 25.5 Å². The molecule has 0 saturated carbocycles. The lowest BCUT2D eigenvalue weighted by molar-refractivity contribution is -0.385. The van der Waals surface area contributed by atoms with Gasteiger partial charge in [0.05, 0.1) is 11.0 Å². The average Bonchev–Trinajstić information content (AvgIpc) is 2.57. The van der Waals surface area contributed by atoms with E-state index in [1.807, 2.05) is 36.9 Å². The second-order valence-corrected chi connectivity index (χ2v) is 7.49. The Hall–Kier alpha value is -2.38. The van der Waals surface area contributed by atoms with Gasteiger partial charge in [-0.1, -0.05) is 24.6 Å². The van der Waals surface area contributed by atoms with Gasteiger partial charge in [-0.15, -0.1) is 0 Å². The highest BCUT2D eigenvalue weighted by Gasteiger charge is 2.54. The first-order valence-electron chi connectivity index (χ1n) is 8.15. The fraction of sp³-hybridized carbons (Fsp3) is 0.278. The highest BCUT2D eigenvalue weighted by Crippen LogP contribution is 2.49. The molecular formula is C18H16ClN3O3S. The van der Waals surface area contributed by atoms with E-state index in [0.29, 0.717) is 15.9 Å². The van der Waals surface area contributed by atoms with Crippen LogP contribution in [0.5, 0.6) is 5.75 Å². The van der Waals surface area contributed by atoms with E-state index in [1.165, 1.54) is 6.07 Å². The van der Waals surface area contributed by atoms with Gasteiger partial charge in [0, 0.05) is 34.3 Å². The Labute approximate surface area is 160 Å². The Morgan fingerprint density at radius 3 is 2.81 bits per heavy atom. The molecule has 0 aromatic heterocycles. The van der Waals surface area contributed by atoms with Gasteiger partial charge in [0.25, 0.3) is 5.69 Å². The molecule has 3 atom stereocenters. The van der Waals surface area contributed by atoms with Crippen molar-refractivity contribution in [1.29, 1.82) is 0 Å². The Balaban J connectivity index is 1.84. The van der Waals surface area contributed by atoms with Crippen LogP contribution in [-0.2, 0) is 0 Å². The predicted octanol–water partition coefficient (Wildman–Crippen LogP) is 4.43. The molecule has 1 saturated heterocycles. The van der Waals surface area contributed by atoms with Crippen LogP contribution in [0.4, 0.5) is 11.4 Å². The number of thiocarbonyl (C=S) groups is 1. The molecule has 0 amide bonds. The monoisotopic (exact) mass is 389 g/mol. The van der Waals surface area contributed by atoms with Crippen LogP contribution in [0.15, 0.2) is 42.5 Å². The van der Waals surface area contributed by atoms with Crippen molar-refractivity contribution in [3.8, 4) is 5.75 Å². The number of ether oxygens (including phenoxy) is 1. The Morgan fingerprint density at radius 2 is 2.12 bits per heavy atom. The van der Waals surface area contributed by atoms with Crippen molar-refractivity contribution in [2.45, 2.75) is 25.6 Å². The number of nitrogens with zero attached hydrogens (tertiary/aromatic N) is 2. The van der Waals surface area contributed by atoms with Gasteiger partial charge in [0.2, 0.25) is 0 Å². The molecule has 1 N–H and O–H groups in total. The van der Waals surface area contributed by atoms with Gasteiger partial charge in [-0.3, -0.25) is 15.0 Å². The Kier molecular flexibility index (Phi) is 3.82. The van der Waals surface area contributed by atoms with E-state index < -0.39 is 10.6 Å². The van der Waals surface area contributed by atoms with Crippen LogP contribution in [0.3, 0.4) is 0 Å². The molecule has 0 radical (unpaired) electrons. The summed E-state index contributed by atoms with van der Waals surface area (Å²) in [4.78, 5) is 12.6. The first-order chi connectivity index (χ1) is 12.3. The summed E-state index contributed by atoms with van der Waals surface area (Å²) in [6.07, 6.45) is 0. The van der Waals surface area contributed by atoms with E-state index in [0.717, 1.165) is 11.3 Å². The van der Waals surface area contributed by atoms with Gasteiger partial charge in [-0.05, 0) is 43.4 Å². The van der Waals surface area contributed by atoms with Gasteiger partial charge in [0.1, 0.15) is 5.75 Å². The van der Waals surface area contributed by atoms with E-state index >= 15 is 0 Å². The summed E-state index contributed by atoms with van der Waals surface area (Å²) >= 11 is 11.8. The van der Waals surface area contributed by atoms with E-state index in [4.69, 9.17) is 28.6 Å². The summed E-state index contributed by atoms with van der Waals surface area (Å²) in [5.41, 5.74) is 0.861. The minimum absolute atomic E-state index is 0.0253. The number of non-ortho nitro benzene ring substituents is 1. The van der Waals surface area contributed by atoms with Crippen LogP contribution in [-0.4, -0.2) is 15.8 Å². The molecular weight excluding hydrogens is 374 g/mol. The lowest BCUT2D eigenvalue weighted by Crippen LogP contribution is -2.69. The summed E-state index contributed by atoms with van der Waals surface area (Å²) < 4.78 is 6.35. The number of hydrogen-bond acceptors (Lipinski definition) is 4. The molecule has 2 aliphatic heterocycles. The number of benzene rings is 2. The molecule has 1 fully saturated rings. The summed E-state index contributed by atoms with van der Waals surface area (Å²) in [5, 5.41) is 15.6. The lowest BCUT2D eigenvalue weighted by atomic mass is 9.80. The quantitative estimate of drug-likeness (QED) is 0.465. The lowest BCUT2D eigenvalue weighted by Gasteiger charge is -2.56. The van der Waals surface area contributed by atoms with Crippen LogP contribution in [0.25, 0.3) is 0 Å². The van der Waals surface area contributed by atoms with E-state index in [1.54, 1.807) is 18.2 Å². The number of nitro benzene ring substituents is 1. The van der Waals surface area contributed by atoms with Gasteiger partial charge < -0.3 is 10.1 Å². The molecule has 26 heavy (non-hydrogen) atoms. The van der Waals surface area contributed by atoms with Crippen molar-refractivity contribution in [2.24, 2.45) is 5.92 Å². The topological polar surface area (TPSA) is 67.6 Å². The maximum atomic E-state index is 11.1. The zero-order valence-electron chi connectivity index (χ0n) is 14.1. The molecule has 0 spiro atoms. The molecule has 2 aliphatic rings. The molecule has 2 aromatic carbocycles.